The summed E-state index contributed by atoms with van der Waals surface area (Å²) >= 11 is 0. The number of hydrogen-bond acceptors (Lipinski definition) is 2. The van der Waals surface area contributed by atoms with Crippen LogP contribution in [0.4, 0.5) is 0 Å². The van der Waals surface area contributed by atoms with Crippen molar-refractivity contribution in [2.24, 2.45) is 0 Å². The van der Waals surface area contributed by atoms with E-state index in [1.54, 1.807) is 6.26 Å². The minimum atomic E-state index is -0.559. The van der Waals surface area contributed by atoms with Crippen molar-refractivity contribution in [3.8, 4) is 12.3 Å². The molecule has 2 nitrogen and oxygen atoms in total. The van der Waals surface area contributed by atoms with Crippen LogP contribution in [0.2, 0.25) is 0 Å². The predicted molar refractivity (Wildman–Crippen MR) is 46.5 cm³/mol. The smallest absolute Gasteiger partial charge is 0.135 e. The summed E-state index contributed by atoms with van der Waals surface area (Å²) in [5, 5.41) is 9.53. The molecule has 0 bridgehead atoms. The highest BCUT2D eigenvalue weighted by molar-refractivity contribution is 5.16. The minimum Gasteiger partial charge on any atom is -0.466 e. The van der Waals surface area contributed by atoms with Gasteiger partial charge in [0, 0.05) is 6.42 Å². The van der Waals surface area contributed by atoms with E-state index in [0.717, 1.165) is 5.56 Å². The molecule has 0 saturated heterocycles. The minimum absolute atomic E-state index is 0.559. The van der Waals surface area contributed by atoms with Crippen LogP contribution < -0.4 is 0 Å². The van der Waals surface area contributed by atoms with Crippen LogP contribution in [0.1, 0.15) is 30.3 Å². The van der Waals surface area contributed by atoms with Gasteiger partial charge in [-0.3, -0.25) is 0 Å². The number of aliphatic hydroxyl groups excluding tert-OH is 1. The molecule has 2 heteroatoms. The first-order valence-corrected chi connectivity index (χ1v) is 3.91. The Morgan fingerprint density at radius 3 is 3.00 bits per heavy atom. The van der Waals surface area contributed by atoms with Crippen LogP contribution in [0, 0.1) is 19.3 Å². The van der Waals surface area contributed by atoms with Gasteiger partial charge in [0.1, 0.15) is 11.9 Å². The average Bonchev–Trinajstić information content (AvgIpc) is 2.47. The van der Waals surface area contributed by atoms with Gasteiger partial charge in [-0.2, -0.15) is 0 Å². The lowest BCUT2D eigenvalue weighted by Gasteiger charge is -2.05. The fourth-order valence-corrected chi connectivity index (χ4v) is 1.08. The van der Waals surface area contributed by atoms with E-state index in [0.29, 0.717) is 18.6 Å². The second-order valence-corrected chi connectivity index (χ2v) is 2.73. The highest BCUT2D eigenvalue weighted by Gasteiger charge is 2.12. The van der Waals surface area contributed by atoms with Gasteiger partial charge >= 0.3 is 0 Å². The molecule has 64 valence electrons. The molecule has 0 aliphatic heterocycles. The van der Waals surface area contributed by atoms with Crippen LogP contribution in [0.5, 0.6) is 0 Å². The molecule has 0 spiro atoms. The van der Waals surface area contributed by atoms with Crippen LogP contribution in [0.3, 0.4) is 0 Å². The molecule has 0 aromatic carbocycles. The molecule has 1 N–H and O–H groups in total. The molecule has 0 aliphatic carbocycles. The summed E-state index contributed by atoms with van der Waals surface area (Å²) in [6, 6.07) is 1.83. The summed E-state index contributed by atoms with van der Waals surface area (Å²) in [6.45, 7) is 1.90. The summed E-state index contributed by atoms with van der Waals surface area (Å²) in [4.78, 5) is 0. The van der Waals surface area contributed by atoms with E-state index in [1.807, 2.05) is 13.0 Å². The number of aryl methyl sites for hydroxylation is 1. The molecule has 0 amide bonds. The number of hydrogen-bond donors (Lipinski definition) is 1. The molecule has 0 fully saturated rings. The van der Waals surface area contributed by atoms with E-state index in [-0.39, 0.29) is 0 Å². The van der Waals surface area contributed by atoms with E-state index < -0.39 is 6.10 Å². The normalized spacial score (nSPS) is 12.4. The summed E-state index contributed by atoms with van der Waals surface area (Å²) in [5.74, 6) is 3.11. The molecule has 0 aliphatic rings. The monoisotopic (exact) mass is 164 g/mol. The van der Waals surface area contributed by atoms with Crippen molar-refractivity contribution in [2.45, 2.75) is 25.9 Å². The maximum absolute atomic E-state index is 9.53. The van der Waals surface area contributed by atoms with Gasteiger partial charge in [0.25, 0.3) is 0 Å². The van der Waals surface area contributed by atoms with E-state index in [2.05, 4.69) is 5.92 Å². The summed E-state index contributed by atoms with van der Waals surface area (Å²) in [5.41, 5.74) is 0.972. The quantitative estimate of drug-likeness (QED) is 0.693. The van der Waals surface area contributed by atoms with Gasteiger partial charge in [0.15, 0.2) is 0 Å². The molecule has 1 aromatic heterocycles. The zero-order chi connectivity index (χ0) is 8.97. The molecule has 1 rings (SSSR count). The standard InChI is InChI=1S/C10H12O2/c1-3-4-5-9(11)10-8(2)6-7-12-10/h1,6-7,9,11H,4-5H2,2H3. The van der Waals surface area contributed by atoms with E-state index in [4.69, 9.17) is 10.8 Å². The third-order valence-corrected chi connectivity index (χ3v) is 1.77. The molecule has 1 aromatic rings. The van der Waals surface area contributed by atoms with Crippen LogP contribution in [-0.2, 0) is 0 Å². The second-order valence-electron chi connectivity index (χ2n) is 2.73. The Balaban J connectivity index is 2.60. The molecule has 0 radical (unpaired) electrons. The maximum Gasteiger partial charge on any atom is 0.135 e. The third kappa shape index (κ3) is 1.90. The highest BCUT2D eigenvalue weighted by Crippen LogP contribution is 2.21. The van der Waals surface area contributed by atoms with Gasteiger partial charge in [-0.05, 0) is 25.0 Å². The molecule has 12 heavy (non-hydrogen) atoms. The summed E-state index contributed by atoms with van der Waals surface area (Å²) < 4.78 is 5.10. The van der Waals surface area contributed by atoms with Crippen molar-refractivity contribution in [3.63, 3.8) is 0 Å². The van der Waals surface area contributed by atoms with Gasteiger partial charge in [0.05, 0.1) is 6.26 Å². The van der Waals surface area contributed by atoms with Gasteiger partial charge in [-0.1, -0.05) is 0 Å². The zero-order valence-corrected chi connectivity index (χ0v) is 7.08. The van der Waals surface area contributed by atoms with Crippen molar-refractivity contribution in [2.75, 3.05) is 0 Å². The average molecular weight is 164 g/mol. The molecule has 1 atom stereocenters. The van der Waals surface area contributed by atoms with Gasteiger partial charge in [0.2, 0.25) is 0 Å². The van der Waals surface area contributed by atoms with Crippen LogP contribution in [0.25, 0.3) is 0 Å². The molecular formula is C10H12O2. The lowest BCUT2D eigenvalue weighted by Crippen LogP contribution is -1.96. The summed E-state index contributed by atoms with van der Waals surface area (Å²) in [6.07, 6.45) is 7.22. The molecule has 1 heterocycles. The highest BCUT2D eigenvalue weighted by atomic mass is 16.4. The first kappa shape index (κ1) is 8.89. The van der Waals surface area contributed by atoms with E-state index >= 15 is 0 Å². The Labute approximate surface area is 72.2 Å². The molecule has 1 unspecified atom stereocenters. The van der Waals surface area contributed by atoms with Crippen molar-refractivity contribution >= 4 is 0 Å². The number of rotatable bonds is 3. The van der Waals surface area contributed by atoms with Crippen LogP contribution in [0.15, 0.2) is 16.7 Å². The fourth-order valence-electron chi connectivity index (χ4n) is 1.08. The topological polar surface area (TPSA) is 33.4 Å². The Bertz CT molecular complexity index is 280. The summed E-state index contributed by atoms with van der Waals surface area (Å²) in [7, 11) is 0. The Morgan fingerprint density at radius 1 is 1.75 bits per heavy atom. The van der Waals surface area contributed by atoms with Gasteiger partial charge < -0.3 is 9.52 Å². The maximum atomic E-state index is 9.53. The van der Waals surface area contributed by atoms with Crippen molar-refractivity contribution < 1.29 is 9.52 Å². The van der Waals surface area contributed by atoms with Crippen molar-refractivity contribution in [1.29, 1.82) is 0 Å². The number of furan rings is 1. The predicted octanol–water partition coefficient (Wildman–Crippen LogP) is 2.03. The lowest BCUT2D eigenvalue weighted by atomic mass is 10.1. The van der Waals surface area contributed by atoms with Gasteiger partial charge in [-0.15, -0.1) is 12.3 Å². The Hall–Kier alpha value is -1.20. The van der Waals surface area contributed by atoms with Crippen LogP contribution in [-0.4, -0.2) is 5.11 Å². The zero-order valence-electron chi connectivity index (χ0n) is 7.08. The lowest BCUT2D eigenvalue weighted by molar-refractivity contribution is 0.141. The van der Waals surface area contributed by atoms with Crippen LogP contribution >= 0.6 is 0 Å². The molecular weight excluding hydrogens is 152 g/mol. The molecule has 0 saturated carbocycles. The largest absolute Gasteiger partial charge is 0.466 e. The van der Waals surface area contributed by atoms with E-state index in [1.165, 1.54) is 0 Å². The Morgan fingerprint density at radius 2 is 2.50 bits per heavy atom. The second kappa shape index (κ2) is 3.99. The van der Waals surface area contributed by atoms with Crippen molar-refractivity contribution in [3.05, 3.63) is 23.7 Å². The Kier molecular flexibility index (Phi) is 2.95. The fraction of sp³-hybridized carbons (Fsp3) is 0.400. The third-order valence-electron chi connectivity index (χ3n) is 1.77. The first-order valence-electron chi connectivity index (χ1n) is 3.91. The number of terminal acetylenes is 1. The first-order chi connectivity index (χ1) is 5.75. The van der Waals surface area contributed by atoms with Crippen molar-refractivity contribution in [1.82, 2.24) is 0 Å². The van der Waals surface area contributed by atoms with E-state index in [9.17, 15) is 5.11 Å². The van der Waals surface area contributed by atoms with Gasteiger partial charge in [-0.25, -0.2) is 0 Å². The number of aliphatic hydroxyl groups is 1. The SMILES string of the molecule is C#CCCC(O)c1occc1C.